The van der Waals surface area contributed by atoms with Crippen molar-refractivity contribution in [2.45, 2.75) is 37.2 Å². The van der Waals surface area contributed by atoms with Gasteiger partial charge < -0.3 is 10.1 Å². The van der Waals surface area contributed by atoms with E-state index >= 15 is 0 Å². The van der Waals surface area contributed by atoms with Gasteiger partial charge in [-0.2, -0.15) is 4.31 Å². The lowest BCUT2D eigenvalue weighted by Crippen LogP contribution is -2.49. The van der Waals surface area contributed by atoms with E-state index in [1.54, 1.807) is 12.1 Å². The van der Waals surface area contributed by atoms with Gasteiger partial charge in [-0.1, -0.05) is 22.9 Å². The molecule has 1 saturated heterocycles. The van der Waals surface area contributed by atoms with Crippen LogP contribution < -0.4 is 10.1 Å². The summed E-state index contributed by atoms with van der Waals surface area (Å²) >= 11 is 4.72. The maximum absolute atomic E-state index is 13.1. The molecule has 2 atom stereocenters. The Kier molecular flexibility index (Phi) is 6.58. The lowest BCUT2D eigenvalue weighted by atomic mass is 10.2. The van der Waals surface area contributed by atoms with E-state index in [4.69, 9.17) is 4.74 Å². The quantitative estimate of drug-likeness (QED) is 0.740. The number of carbonyl (C=O) groups excluding carboxylic acids is 1. The second-order valence-electron chi connectivity index (χ2n) is 5.52. The molecule has 0 spiro atoms. The number of nitrogens with one attached hydrogen (secondary N) is 1. The number of sulfonamides is 1. The van der Waals surface area contributed by atoms with Crippen LogP contribution in [0.5, 0.6) is 5.75 Å². The van der Waals surface area contributed by atoms with E-state index in [0.29, 0.717) is 10.2 Å². The summed E-state index contributed by atoms with van der Waals surface area (Å²) in [7, 11) is -2.42. The van der Waals surface area contributed by atoms with E-state index in [1.165, 1.54) is 29.2 Å². The van der Waals surface area contributed by atoms with Gasteiger partial charge in [-0.3, -0.25) is 4.79 Å². The van der Waals surface area contributed by atoms with E-state index in [0.717, 1.165) is 6.42 Å². The molecule has 1 aromatic carbocycles. The lowest BCUT2D eigenvalue weighted by molar-refractivity contribution is -0.124. The van der Waals surface area contributed by atoms with Crippen LogP contribution in [-0.2, 0) is 14.8 Å². The molecule has 1 N–H and O–H groups in total. The van der Waals surface area contributed by atoms with Crippen LogP contribution in [0.15, 0.2) is 27.6 Å². The Morgan fingerprint density at radius 1 is 1.54 bits per heavy atom. The van der Waals surface area contributed by atoms with Crippen LogP contribution in [0.25, 0.3) is 0 Å². The second-order valence-corrected chi connectivity index (χ2v) is 9.30. The molecule has 134 valence electrons. The average Bonchev–Trinajstić information content (AvgIpc) is 3.05. The maximum atomic E-state index is 13.1. The molecular weight excluding hydrogens is 416 g/mol. The molecule has 2 rings (SSSR count). The molecular formula is C15H21BrN2O4S2. The first kappa shape index (κ1) is 19.6. The zero-order chi connectivity index (χ0) is 17.9. The molecule has 1 fully saturated rings. The van der Waals surface area contributed by atoms with Crippen LogP contribution in [-0.4, -0.2) is 49.5 Å². The largest absolute Gasteiger partial charge is 0.495 e. The normalized spacial score (nSPS) is 19.9. The van der Waals surface area contributed by atoms with Crippen molar-refractivity contribution >= 4 is 43.6 Å². The van der Waals surface area contributed by atoms with Gasteiger partial charge in [0.1, 0.15) is 16.7 Å². The van der Waals surface area contributed by atoms with Crippen molar-refractivity contribution in [3.05, 3.63) is 22.7 Å². The van der Waals surface area contributed by atoms with Crippen molar-refractivity contribution in [3.63, 3.8) is 0 Å². The maximum Gasteiger partial charge on any atom is 0.248 e. The summed E-state index contributed by atoms with van der Waals surface area (Å²) in [6, 6.07) is 4.10. The lowest BCUT2D eigenvalue weighted by Gasteiger charge is -2.24. The number of amides is 1. The number of hydrogen-bond donors (Lipinski definition) is 1. The fraction of sp³-hybridized carbons (Fsp3) is 0.533. The Balaban J connectivity index is 2.34. The summed E-state index contributed by atoms with van der Waals surface area (Å²) in [6.07, 6.45) is 0.789. The molecule has 1 amide bonds. The molecule has 1 heterocycles. The minimum absolute atomic E-state index is 0.00746. The minimum atomic E-state index is -3.84. The summed E-state index contributed by atoms with van der Waals surface area (Å²) in [5.74, 6) is 0.692. The van der Waals surface area contributed by atoms with Crippen molar-refractivity contribution in [2.24, 2.45) is 0 Å². The molecule has 0 radical (unpaired) electrons. The third-order valence-electron chi connectivity index (χ3n) is 3.86. The van der Waals surface area contributed by atoms with E-state index in [1.807, 2.05) is 13.8 Å². The predicted molar refractivity (Wildman–Crippen MR) is 98.7 cm³/mol. The summed E-state index contributed by atoms with van der Waals surface area (Å²) in [5.41, 5.74) is 0. The highest BCUT2D eigenvalue weighted by atomic mass is 79.9. The van der Waals surface area contributed by atoms with Gasteiger partial charge in [0.05, 0.1) is 13.0 Å². The number of rotatable bonds is 6. The third kappa shape index (κ3) is 4.07. The molecule has 0 bridgehead atoms. The molecule has 1 aromatic rings. The van der Waals surface area contributed by atoms with Crippen LogP contribution >= 0.6 is 27.7 Å². The van der Waals surface area contributed by atoms with Crippen molar-refractivity contribution in [1.29, 1.82) is 0 Å². The van der Waals surface area contributed by atoms with Gasteiger partial charge in [-0.15, -0.1) is 11.8 Å². The topological polar surface area (TPSA) is 75.7 Å². The summed E-state index contributed by atoms with van der Waals surface area (Å²) < 4.78 is 33.2. The van der Waals surface area contributed by atoms with Gasteiger partial charge in [0, 0.05) is 16.3 Å². The fourth-order valence-corrected chi connectivity index (χ4v) is 6.14. The predicted octanol–water partition coefficient (Wildman–Crippen LogP) is 2.44. The summed E-state index contributed by atoms with van der Waals surface area (Å²) in [4.78, 5) is 12.5. The van der Waals surface area contributed by atoms with E-state index < -0.39 is 16.1 Å². The number of nitrogens with zero attached hydrogens (tertiary/aromatic N) is 1. The number of halogens is 1. The van der Waals surface area contributed by atoms with Gasteiger partial charge >= 0.3 is 0 Å². The van der Waals surface area contributed by atoms with Gasteiger partial charge in [0.25, 0.3) is 0 Å². The first-order valence-corrected chi connectivity index (χ1v) is 10.9. The van der Waals surface area contributed by atoms with Crippen molar-refractivity contribution < 1.29 is 17.9 Å². The second kappa shape index (κ2) is 8.07. The number of benzene rings is 1. The van der Waals surface area contributed by atoms with E-state index in [-0.39, 0.29) is 28.5 Å². The molecule has 24 heavy (non-hydrogen) atoms. The van der Waals surface area contributed by atoms with Crippen LogP contribution in [0, 0.1) is 0 Å². The standard InChI is InChI=1S/C15H21BrN2O4S2/c1-4-10(2)17-15(19)12-8-23-9-18(12)24(20,21)14-7-11(16)5-6-13(14)22-3/h5-7,10,12H,4,8-9H2,1-3H3,(H,17,19). The highest BCUT2D eigenvalue weighted by Gasteiger charge is 2.41. The van der Waals surface area contributed by atoms with Gasteiger partial charge in [0.15, 0.2) is 0 Å². The van der Waals surface area contributed by atoms with E-state index in [2.05, 4.69) is 21.2 Å². The Morgan fingerprint density at radius 3 is 2.88 bits per heavy atom. The fourth-order valence-electron chi connectivity index (χ4n) is 2.29. The van der Waals surface area contributed by atoms with E-state index in [9.17, 15) is 13.2 Å². The average molecular weight is 437 g/mol. The number of carbonyl (C=O) groups is 1. The molecule has 0 saturated carbocycles. The zero-order valence-corrected chi connectivity index (χ0v) is 17.0. The molecule has 1 aliphatic heterocycles. The molecule has 0 aliphatic carbocycles. The van der Waals surface area contributed by atoms with Crippen LogP contribution in [0.4, 0.5) is 0 Å². The number of thioether (sulfide) groups is 1. The summed E-state index contributed by atoms with van der Waals surface area (Å²) in [6.45, 7) is 3.87. The van der Waals surface area contributed by atoms with Crippen molar-refractivity contribution in [3.8, 4) is 5.75 Å². The van der Waals surface area contributed by atoms with Gasteiger partial charge in [-0.25, -0.2) is 8.42 Å². The van der Waals surface area contributed by atoms with Crippen LogP contribution in [0.3, 0.4) is 0 Å². The molecule has 2 unspecified atom stereocenters. The number of ether oxygens (including phenoxy) is 1. The van der Waals surface area contributed by atoms with Crippen LogP contribution in [0.1, 0.15) is 20.3 Å². The first-order valence-electron chi connectivity index (χ1n) is 7.54. The molecule has 0 aromatic heterocycles. The Morgan fingerprint density at radius 2 is 2.25 bits per heavy atom. The van der Waals surface area contributed by atoms with Crippen molar-refractivity contribution in [2.75, 3.05) is 18.7 Å². The monoisotopic (exact) mass is 436 g/mol. The number of methoxy groups -OCH3 is 1. The smallest absolute Gasteiger partial charge is 0.248 e. The molecule has 1 aliphatic rings. The zero-order valence-electron chi connectivity index (χ0n) is 13.8. The summed E-state index contributed by atoms with van der Waals surface area (Å²) in [5, 5.41) is 2.87. The van der Waals surface area contributed by atoms with Crippen molar-refractivity contribution in [1.82, 2.24) is 9.62 Å². The molecule has 9 heteroatoms. The highest BCUT2D eigenvalue weighted by Crippen LogP contribution is 2.34. The number of hydrogen-bond acceptors (Lipinski definition) is 5. The van der Waals surface area contributed by atoms with Gasteiger partial charge in [-0.05, 0) is 31.5 Å². The SMILES string of the molecule is CCC(C)NC(=O)C1CSCN1S(=O)(=O)c1cc(Br)ccc1OC. The third-order valence-corrected chi connectivity index (χ3v) is 7.40. The Hall–Kier alpha value is -0.770. The molecule has 6 nitrogen and oxygen atoms in total. The first-order chi connectivity index (χ1) is 11.3. The van der Waals surface area contributed by atoms with Crippen LogP contribution in [0.2, 0.25) is 0 Å². The Labute approximate surface area is 155 Å². The Bertz CT molecular complexity index is 711. The highest BCUT2D eigenvalue weighted by molar-refractivity contribution is 9.10. The minimum Gasteiger partial charge on any atom is -0.495 e. The van der Waals surface area contributed by atoms with Gasteiger partial charge in [0.2, 0.25) is 15.9 Å².